The molecule has 0 bridgehead atoms. The number of hydrogen-bond donors (Lipinski definition) is 1. The number of aliphatic hydroxyl groups is 1. The number of hydrogen-bond acceptors (Lipinski definition) is 8. The van der Waals surface area contributed by atoms with Crippen LogP contribution in [0.15, 0.2) is 30.6 Å². The first-order valence-electron chi connectivity index (χ1n) is 12.8. The molecule has 194 valence electrons. The number of likely N-dealkylation sites (tertiary alicyclic amines) is 1. The molecule has 2 aliphatic rings. The Morgan fingerprint density at radius 2 is 2.00 bits per heavy atom. The summed E-state index contributed by atoms with van der Waals surface area (Å²) in [7, 11) is 0. The zero-order valence-electron chi connectivity index (χ0n) is 22.0. The Labute approximate surface area is 220 Å². The van der Waals surface area contributed by atoms with E-state index in [1.54, 1.807) is 11.3 Å². The van der Waals surface area contributed by atoms with Gasteiger partial charge in [0.25, 0.3) is 0 Å². The molecule has 0 atom stereocenters. The smallest absolute Gasteiger partial charge is 0.187 e. The maximum Gasteiger partial charge on any atom is 0.187 e. The lowest BCUT2D eigenvalue weighted by molar-refractivity contribution is -0.00658. The molecule has 9 nitrogen and oxygen atoms in total. The van der Waals surface area contributed by atoms with Gasteiger partial charge in [0, 0.05) is 54.3 Å². The molecule has 4 aromatic rings. The van der Waals surface area contributed by atoms with E-state index in [4.69, 9.17) is 9.72 Å². The predicted molar refractivity (Wildman–Crippen MR) is 144 cm³/mol. The third-order valence-corrected chi connectivity index (χ3v) is 7.91. The third kappa shape index (κ3) is 4.69. The molecule has 0 radical (unpaired) electrons. The van der Waals surface area contributed by atoms with Crippen molar-refractivity contribution in [3.63, 3.8) is 0 Å². The Kier molecular flexibility index (Phi) is 5.93. The van der Waals surface area contributed by atoms with Crippen LogP contribution in [0.4, 0.5) is 0 Å². The molecule has 1 aromatic carbocycles. The molecule has 0 spiro atoms. The molecule has 1 fully saturated rings. The Morgan fingerprint density at radius 3 is 2.76 bits per heavy atom. The van der Waals surface area contributed by atoms with E-state index in [-0.39, 0.29) is 6.04 Å². The molecule has 1 saturated heterocycles. The Morgan fingerprint density at radius 1 is 1.19 bits per heavy atom. The van der Waals surface area contributed by atoms with Crippen molar-refractivity contribution >= 4 is 11.3 Å². The Balaban J connectivity index is 1.25. The standard InChI is InChI=1S/C27H33N7O2S/c1-16(2)34-25(29-17(3)31-34)26-30-24-21-7-6-18(10-22(21)36-9-8-23(24)37-26)19-11-28-33(12-19)20-13-32(14-20)15-27(4,5)35/h6-7,10-12,16,20,35H,8-9,13-15H2,1-5H3. The van der Waals surface area contributed by atoms with Crippen molar-refractivity contribution in [3.05, 3.63) is 41.3 Å². The average molecular weight is 520 g/mol. The van der Waals surface area contributed by atoms with Gasteiger partial charge in [0.15, 0.2) is 10.8 Å². The van der Waals surface area contributed by atoms with E-state index >= 15 is 0 Å². The molecule has 3 aromatic heterocycles. The highest BCUT2D eigenvalue weighted by Gasteiger charge is 2.32. The summed E-state index contributed by atoms with van der Waals surface area (Å²) in [6.07, 6.45) is 4.84. The second kappa shape index (κ2) is 9.04. The minimum atomic E-state index is -0.675. The van der Waals surface area contributed by atoms with Crippen LogP contribution in [-0.4, -0.2) is 71.4 Å². The SMILES string of the molecule is Cc1nc(-c2nc3c(s2)CCOc2cc(-c4cnn(C5CN(CC(C)(C)O)C5)c4)ccc2-3)n(C(C)C)n1. The van der Waals surface area contributed by atoms with Gasteiger partial charge in [-0.3, -0.25) is 9.58 Å². The minimum Gasteiger partial charge on any atom is -0.492 e. The predicted octanol–water partition coefficient (Wildman–Crippen LogP) is 4.38. The van der Waals surface area contributed by atoms with Crippen molar-refractivity contribution in [2.75, 3.05) is 26.2 Å². The highest BCUT2D eigenvalue weighted by molar-refractivity contribution is 7.15. The minimum absolute atomic E-state index is 0.212. The fourth-order valence-corrected chi connectivity index (χ4v) is 6.15. The van der Waals surface area contributed by atoms with Crippen LogP contribution < -0.4 is 4.74 Å². The summed E-state index contributed by atoms with van der Waals surface area (Å²) in [6, 6.07) is 6.89. The third-order valence-electron chi connectivity index (χ3n) is 6.80. The van der Waals surface area contributed by atoms with Gasteiger partial charge in [0.2, 0.25) is 0 Å². The summed E-state index contributed by atoms with van der Waals surface area (Å²) < 4.78 is 10.2. The molecule has 5 heterocycles. The van der Waals surface area contributed by atoms with E-state index in [0.29, 0.717) is 19.2 Å². The van der Waals surface area contributed by atoms with E-state index in [2.05, 4.69) is 58.3 Å². The number of thiazole rings is 1. The first kappa shape index (κ1) is 24.3. The molecule has 6 rings (SSSR count). The van der Waals surface area contributed by atoms with Crippen molar-refractivity contribution in [1.82, 2.24) is 34.4 Å². The molecule has 37 heavy (non-hydrogen) atoms. The van der Waals surface area contributed by atoms with Crippen molar-refractivity contribution in [1.29, 1.82) is 0 Å². The highest BCUT2D eigenvalue weighted by Crippen LogP contribution is 2.42. The Hall–Kier alpha value is -3.08. The maximum absolute atomic E-state index is 10.0. The fourth-order valence-electron chi connectivity index (χ4n) is 5.11. The van der Waals surface area contributed by atoms with Gasteiger partial charge in [-0.15, -0.1) is 11.3 Å². The van der Waals surface area contributed by atoms with Crippen LogP contribution in [0.3, 0.4) is 0 Å². The van der Waals surface area contributed by atoms with Crippen LogP contribution >= 0.6 is 11.3 Å². The summed E-state index contributed by atoms with van der Waals surface area (Å²) in [5, 5.41) is 20.2. The molecule has 0 aliphatic carbocycles. The molecule has 0 saturated carbocycles. The average Bonchev–Trinajstić information content (AvgIpc) is 3.52. The maximum atomic E-state index is 10.0. The van der Waals surface area contributed by atoms with Gasteiger partial charge in [-0.2, -0.15) is 10.2 Å². The second-order valence-electron chi connectivity index (χ2n) is 11.0. The first-order valence-corrected chi connectivity index (χ1v) is 13.7. The summed E-state index contributed by atoms with van der Waals surface area (Å²) >= 11 is 1.68. The van der Waals surface area contributed by atoms with Gasteiger partial charge in [-0.05, 0) is 52.3 Å². The van der Waals surface area contributed by atoms with Crippen molar-refractivity contribution in [2.45, 2.75) is 58.7 Å². The fraction of sp³-hybridized carbons (Fsp3) is 0.481. The lowest BCUT2D eigenvalue weighted by atomic mass is 10.0. The van der Waals surface area contributed by atoms with Crippen LogP contribution in [0.2, 0.25) is 0 Å². The molecule has 1 N–H and O–H groups in total. The van der Waals surface area contributed by atoms with Gasteiger partial charge in [0.05, 0.1) is 30.1 Å². The lowest BCUT2D eigenvalue weighted by Crippen LogP contribution is -2.52. The largest absolute Gasteiger partial charge is 0.492 e. The van der Waals surface area contributed by atoms with Crippen LogP contribution in [0.5, 0.6) is 5.75 Å². The number of ether oxygens (including phenoxy) is 1. The topological polar surface area (TPSA) is 94.1 Å². The lowest BCUT2D eigenvalue weighted by Gasteiger charge is -2.41. The Bertz CT molecular complexity index is 1440. The molecule has 0 unspecified atom stereocenters. The number of β-amino-alcohol motifs (C(OH)–C–C–N with tert-alkyl or cyclic N) is 1. The number of rotatable bonds is 6. The van der Waals surface area contributed by atoms with Crippen LogP contribution in [0.1, 0.15) is 50.5 Å². The zero-order valence-corrected chi connectivity index (χ0v) is 22.8. The molecular formula is C27H33N7O2S. The molecule has 0 amide bonds. The zero-order chi connectivity index (χ0) is 25.9. The summed E-state index contributed by atoms with van der Waals surface area (Å²) in [4.78, 5) is 13.2. The highest BCUT2D eigenvalue weighted by atomic mass is 32.1. The summed E-state index contributed by atoms with van der Waals surface area (Å²) in [6.45, 7) is 12.9. The summed E-state index contributed by atoms with van der Waals surface area (Å²) in [5.74, 6) is 2.44. The van der Waals surface area contributed by atoms with E-state index in [1.165, 1.54) is 4.88 Å². The van der Waals surface area contributed by atoms with Crippen molar-refractivity contribution in [2.24, 2.45) is 0 Å². The molecular weight excluding hydrogens is 486 g/mol. The first-order chi connectivity index (χ1) is 17.6. The van der Waals surface area contributed by atoms with Crippen LogP contribution in [0, 0.1) is 6.92 Å². The van der Waals surface area contributed by atoms with Crippen LogP contribution in [-0.2, 0) is 6.42 Å². The van der Waals surface area contributed by atoms with E-state index in [9.17, 15) is 5.11 Å². The number of aryl methyl sites for hydroxylation is 1. The second-order valence-corrected chi connectivity index (χ2v) is 12.1. The summed E-state index contributed by atoms with van der Waals surface area (Å²) in [5.41, 5.74) is 3.46. The van der Waals surface area contributed by atoms with E-state index < -0.39 is 5.60 Å². The number of benzene rings is 1. The monoisotopic (exact) mass is 519 g/mol. The van der Waals surface area contributed by atoms with Gasteiger partial charge < -0.3 is 9.84 Å². The molecule has 10 heteroatoms. The van der Waals surface area contributed by atoms with Crippen molar-refractivity contribution in [3.8, 4) is 39.0 Å². The quantitative estimate of drug-likeness (QED) is 0.404. The molecule has 2 aliphatic heterocycles. The van der Waals surface area contributed by atoms with Gasteiger partial charge in [-0.25, -0.2) is 14.6 Å². The van der Waals surface area contributed by atoms with Gasteiger partial charge in [-0.1, -0.05) is 6.07 Å². The van der Waals surface area contributed by atoms with Gasteiger partial charge >= 0.3 is 0 Å². The normalized spacial score (nSPS) is 16.3. The number of aromatic nitrogens is 6. The van der Waals surface area contributed by atoms with Crippen LogP contribution in [0.25, 0.3) is 33.2 Å². The van der Waals surface area contributed by atoms with Crippen molar-refractivity contribution < 1.29 is 9.84 Å². The van der Waals surface area contributed by atoms with E-state index in [0.717, 1.165) is 64.3 Å². The number of fused-ring (bicyclic) bond motifs is 3. The van der Waals surface area contributed by atoms with Gasteiger partial charge in [0.1, 0.15) is 11.6 Å². The van der Waals surface area contributed by atoms with E-state index in [1.807, 2.05) is 36.3 Å². The number of nitrogens with zero attached hydrogens (tertiary/aromatic N) is 7.